The van der Waals surface area contributed by atoms with Crippen molar-refractivity contribution in [3.05, 3.63) is 59.1 Å². The molecule has 2 amide bonds. The second-order valence-corrected chi connectivity index (χ2v) is 7.77. The summed E-state index contributed by atoms with van der Waals surface area (Å²) in [5.74, 6) is 0.562. The maximum atomic E-state index is 13.2. The minimum atomic E-state index is -0.613. The van der Waals surface area contributed by atoms with E-state index in [0.717, 1.165) is 12.0 Å². The number of amides is 2. The Kier molecular flexibility index (Phi) is 9.66. The van der Waals surface area contributed by atoms with Gasteiger partial charge in [0.1, 0.15) is 6.04 Å². The molecule has 0 aliphatic carbocycles. The minimum Gasteiger partial charge on any atom is -0.493 e. The Balaban J connectivity index is 2.23. The predicted molar refractivity (Wildman–Crippen MR) is 122 cm³/mol. The molecule has 0 saturated heterocycles. The van der Waals surface area contributed by atoms with E-state index >= 15 is 0 Å². The van der Waals surface area contributed by atoms with Crippen molar-refractivity contribution in [3.63, 3.8) is 0 Å². The zero-order valence-corrected chi connectivity index (χ0v) is 19.3. The van der Waals surface area contributed by atoms with Gasteiger partial charge in [0.25, 0.3) is 5.91 Å². The number of nitrogens with one attached hydrogen (secondary N) is 1. The molecular weight excluding hydrogens is 416 g/mol. The molecule has 0 aliphatic rings. The molecule has 0 heterocycles. The number of carbonyl (C=O) groups is 2. The Labute approximate surface area is 189 Å². The third kappa shape index (κ3) is 7.17. The average molecular weight is 447 g/mol. The third-order valence-corrected chi connectivity index (χ3v) is 5.33. The Morgan fingerprint density at radius 2 is 1.68 bits per heavy atom. The highest BCUT2D eigenvalue weighted by Crippen LogP contribution is 2.26. The molecule has 2 aromatic rings. The maximum absolute atomic E-state index is 13.2. The van der Waals surface area contributed by atoms with Gasteiger partial charge in [-0.25, -0.2) is 0 Å². The van der Waals surface area contributed by atoms with Crippen molar-refractivity contribution in [2.75, 3.05) is 13.7 Å². The van der Waals surface area contributed by atoms with Crippen molar-refractivity contribution in [3.8, 4) is 11.5 Å². The molecule has 0 spiro atoms. The van der Waals surface area contributed by atoms with Crippen LogP contribution in [0.1, 0.15) is 39.2 Å². The second-order valence-electron chi connectivity index (χ2n) is 7.33. The molecule has 6 nitrogen and oxygen atoms in total. The van der Waals surface area contributed by atoms with E-state index in [1.54, 1.807) is 36.3 Å². The molecule has 0 aromatic heterocycles. The van der Waals surface area contributed by atoms with Crippen LogP contribution in [-0.4, -0.2) is 42.5 Å². The van der Waals surface area contributed by atoms with E-state index in [0.29, 0.717) is 22.9 Å². The van der Waals surface area contributed by atoms with Gasteiger partial charge in [-0.15, -0.1) is 0 Å². The first kappa shape index (κ1) is 24.5. The van der Waals surface area contributed by atoms with Crippen molar-refractivity contribution >= 4 is 23.4 Å². The van der Waals surface area contributed by atoms with Crippen LogP contribution in [0.3, 0.4) is 0 Å². The highest BCUT2D eigenvalue weighted by molar-refractivity contribution is 6.30. The summed E-state index contributed by atoms with van der Waals surface area (Å²) < 4.78 is 11.0. The molecule has 1 N–H and O–H groups in total. The zero-order chi connectivity index (χ0) is 22.8. The number of benzene rings is 2. The normalized spacial score (nSPS) is 12.5. The van der Waals surface area contributed by atoms with Crippen molar-refractivity contribution in [1.29, 1.82) is 0 Å². The largest absolute Gasteiger partial charge is 0.493 e. The van der Waals surface area contributed by atoms with Gasteiger partial charge >= 0.3 is 0 Å². The number of methoxy groups -OCH3 is 1. The van der Waals surface area contributed by atoms with Crippen molar-refractivity contribution in [2.45, 2.75) is 52.2 Å². The van der Waals surface area contributed by atoms with E-state index in [2.05, 4.69) is 5.32 Å². The van der Waals surface area contributed by atoms with Crippen LogP contribution in [0.2, 0.25) is 5.02 Å². The summed E-state index contributed by atoms with van der Waals surface area (Å²) in [6, 6.07) is 13.8. The van der Waals surface area contributed by atoms with Crippen LogP contribution in [0, 0.1) is 0 Å². The summed E-state index contributed by atoms with van der Waals surface area (Å²) in [7, 11) is 1.54. The summed E-state index contributed by atoms with van der Waals surface area (Å²) in [5, 5.41) is 3.60. The van der Waals surface area contributed by atoms with Crippen LogP contribution >= 0.6 is 11.6 Å². The van der Waals surface area contributed by atoms with Gasteiger partial charge in [-0.05, 0) is 49.6 Å². The molecular formula is C24H31ClN2O4. The average Bonchev–Trinajstić information content (AvgIpc) is 2.78. The topological polar surface area (TPSA) is 67.9 Å². The molecule has 7 heteroatoms. The monoisotopic (exact) mass is 446 g/mol. The first-order valence-corrected chi connectivity index (χ1v) is 10.9. The minimum absolute atomic E-state index is 0.0267. The number of halogens is 1. The van der Waals surface area contributed by atoms with Crippen LogP contribution in [-0.2, 0) is 16.1 Å². The second kappa shape index (κ2) is 12.2. The van der Waals surface area contributed by atoms with Crippen LogP contribution in [0.4, 0.5) is 0 Å². The summed E-state index contributed by atoms with van der Waals surface area (Å²) in [6.07, 6.45) is 1.29. The highest BCUT2D eigenvalue weighted by Gasteiger charge is 2.29. The van der Waals surface area contributed by atoms with Gasteiger partial charge in [0.2, 0.25) is 5.91 Å². The molecule has 0 unspecified atom stereocenters. The number of hydrogen-bond donors (Lipinski definition) is 1. The quantitative estimate of drug-likeness (QED) is 0.553. The lowest BCUT2D eigenvalue weighted by molar-refractivity contribution is -0.143. The Hall–Kier alpha value is -2.73. The Morgan fingerprint density at radius 1 is 1.03 bits per heavy atom. The van der Waals surface area contributed by atoms with E-state index < -0.39 is 6.04 Å². The lowest BCUT2D eigenvalue weighted by Crippen LogP contribution is -2.51. The molecule has 0 aliphatic heterocycles. The first-order valence-electron chi connectivity index (χ1n) is 10.5. The van der Waals surface area contributed by atoms with E-state index in [1.807, 2.05) is 45.0 Å². The molecule has 2 rings (SSSR count). The first-order chi connectivity index (χ1) is 14.9. The van der Waals surface area contributed by atoms with Gasteiger partial charge in [-0.3, -0.25) is 9.59 Å². The molecule has 0 radical (unpaired) electrons. The Bertz CT molecular complexity index is 857. The summed E-state index contributed by atoms with van der Waals surface area (Å²) in [5.41, 5.74) is 0.879. The predicted octanol–water partition coefficient (Wildman–Crippen LogP) is 4.45. The highest BCUT2D eigenvalue weighted by atomic mass is 35.5. The summed E-state index contributed by atoms with van der Waals surface area (Å²) >= 11 is 5.99. The molecule has 0 fully saturated rings. The van der Waals surface area contributed by atoms with Crippen molar-refractivity contribution in [2.24, 2.45) is 0 Å². The zero-order valence-electron chi connectivity index (χ0n) is 18.6. The molecule has 2 atom stereocenters. The fourth-order valence-corrected chi connectivity index (χ4v) is 3.23. The van der Waals surface area contributed by atoms with Crippen LogP contribution in [0.5, 0.6) is 11.5 Å². The van der Waals surface area contributed by atoms with E-state index in [4.69, 9.17) is 21.1 Å². The number of ether oxygens (including phenoxy) is 2. The lowest BCUT2D eigenvalue weighted by atomic mass is 10.1. The third-order valence-electron chi connectivity index (χ3n) is 5.07. The van der Waals surface area contributed by atoms with Gasteiger partial charge < -0.3 is 19.7 Å². The standard InChI is InChI=1S/C24H31ClN2O4/c1-5-17(3)26-24(29)20(6-2)27(15-18-11-13-19(25)14-12-18)23(28)16-31-22-10-8-7-9-21(22)30-4/h7-14,17,20H,5-6,15-16H2,1-4H3,(H,26,29)/t17-,20+/m0/s1. The van der Waals surface area contributed by atoms with Gasteiger partial charge in [0, 0.05) is 17.6 Å². The molecule has 168 valence electrons. The van der Waals surface area contributed by atoms with Gasteiger partial charge in [0.05, 0.1) is 7.11 Å². The molecule has 2 aromatic carbocycles. The van der Waals surface area contributed by atoms with Gasteiger partial charge in [0.15, 0.2) is 18.1 Å². The van der Waals surface area contributed by atoms with E-state index in [-0.39, 0.29) is 31.0 Å². The van der Waals surface area contributed by atoms with Crippen LogP contribution in [0.25, 0.3) is 0 Å². The van der Waals surface area contributed by atoms with Crippen LogP contribution in [0.15, 0.2) is 48.5 Å². The maximum Gasteiger partial charge on any atom is 0.261 e. The number of rotatable bonds is 11. The number of hydrogen-bond acceptors (Lipinski definition) is 4. The number of carbonyl (C=O) groups excluding carboxylic acids is 2. The van der Waals surface area contributed by atoms with Gasteiger partial charge in [-0.1, -0.05) is 49.7 Å². The van der Waals surface area contributed by atoms with E-state index in [9.17, 15) is 9.59 Å². The van der Waals surface area contributed by atoms with Crippen LogP contribution < -0.4 is 14.8 Å². The number of nitrogens with zero attached hydrogens (tertiary/aromatic N) is 1. The SMILES string of the molecule is CC[C@H](C(=O)N[C@@H](C)CC)N(Cc1ccc(Cl)cc1)C(=O)COc1ccccc1OC. The molecule has 0 saturated carbocycles. The van der Waals surface area contributed by atoms with E-state index in [1.165, 1.54) is 0 Å². The van der Waals surface area contributed by atoms with Crippen molar-refractivity contribution in [1.82, 2.24) is 10.2 Å². The van der Waals surface area contributed by atoms with Crippen molar-refractivity contribution < 1.29 is 19.1 Å². The summed E-state index contributed by atoms with van der Waals surface area (Å²) in [6.45, 7) is 5.91. The lowest BCUT2D eigenvalue weighted by Gasteiger charge is -2.31. The fourth-order valence-electron chi connectivity index (χ4n) is 3.11. The Morgan fingerprint density at radius 3 is 2.26 bits per heavy atom. The molecule has 0 bridgehead atoms. The summed E-state index contributed by atoms with van der Waals surface area (Å²) in [4.78, 5) is 27.7. The fraction of sp³-hybridized carbons (Fsp3) is 0.417. The smallest absolute Gasteiger partial charge is 0.261 e. The number of para-hydroxylation sites is 2. The van der Waals surface area contributed by atoms with Gasteiger partial charge in [-0.2, -0.15) is 0 Å². The molecule has 31 heavy (non-hydrogen) atoms.